The van der Waals surface area contributed by atoms with Gasteiger partial charge in [-0.05, 0) is 72.8 Å². The van der Waals surface area contributed by atoms with Crippen molar-refractivity contribution in [1.82, 2.24) is 0 Å². The van der Waals surface area contributed by atoms with Gasteiger partial charge in [-0.25, -0.2) is 0 Å². The quantitative estimate of drug-likeness (QED) is 0.133. The van der Waals surface area contributed by atoms with Gasteiger partial charge in [0.2, 0.25) is 0 Å². The van der Waals surface area contributed by atoms with E-state index in [2.05, 4.69) is 20.5 Å². The Bertz CT molecular complexity index is 2050. The van der Waals surface area contributed by atoms with Crippen LogP contribution in [0.5, 0.6) is 23.0 Å². The Balaban J connectivity index is 0.000000208. The van der Waals surface area contributed by atoms with E-state index in [1.54, 1.807) is 48.5 Å². The van der Waals surface area contributed by atoms with Crippen molar-refractivity contribution in [1.29, 1.82) is 0 Å². The van der Waals surface area contributed by atoms with Crippen LogP contribution in [0.1, 0.15) is 0 Å². The summed E-state index contributed by atoms with van der Waals surface area (Å²) in [6.07, 6.45) is 0. The fourth-order valence-electron chi connectivity index (χ4n) is 4.21. The molecule has 0 saturated heterocycles. The maximum Gasteiger partial charge on any atom is 0.152 e. The number of phenols is 4. The Labute approximate surface area is 308 Å². The number of fused-ring (bicyclic) bond motifs is 2. The number of benzene rings is 6. The van der Waals surface area contributed by atoms with Gasteiger partial charge in [0.15, 0.2) is 11.5 Å². The van der Waals surface area contributed by atoms with Crippen LogP contribution in [0.3, 0.4) is 0 Å². The first-order valence-electron chi connectivity index (χ1n) is 12.9. The van der Waals surface area contributed by atoms with Gasteiger partial charge in [0.25, 0.3) is 0 Å². The largest absolute Gasteiger partial charge is 0.506 e. The van der Waals surface area contributed by atoms with Crippen LogP contribution < -0.4 is 0 Å². The van der Waals surface area contributed by atoms with Crippen molar-refractivity contribution in [3.05, 3.63) is 115 Å². The van der Waals surface area contributed by atoms with E-state index in [1.165, 1.54) is 36.4 Å². The zero-order chi connectivity index (χ0) is 33.1. The monoisotopic (exact) mass is 784 g/mol. The molecule has 47 heavy (non-hydrogen) atoms. The molecule has 0 unspecified atom stereocenters. The van der Waals surface area contributed by atoms with Crippen LogP contribution in [0.25, 0.3) is 21.5 Å². The molecule has 0 radical (unpaired) electrons. The van der Waals surface area contributed by atoms with E-state index in [9.17, 15) is 20.4 Å². The van der Waals surface area contributed by atoms with E-state index in [-0.39, 0.29) is 63.1 Å². The summed E-state index contributed by atoms with van der Waals surface area (Å²) < 4.78 is 0. The third-order valence-electron chi connectivity index (χ3n) is 6.46. The molecular formula is C32H18Cl6CrN4O4. The SMILES string of the molecule is Oc1ccc(Cl)cc1N=Nc1ccc2c(Cl)ccc(Cl)c2c1O.Oc1ccc(Cl)cc1N=Nc1ccc2c(Cl)ccc(Cl)c2c1O.[Cr]. The predicted octanol–water partition coefficient (Wildman–Crippen LogP) is 13.3. The molecule has 238 valence electrons. The summed E-state index contributed by atoms with van der Waals surface area (Å²) in [7, 11) is 0. The van der Waals surface area contributed by atoms with E-state index in [4.69, 9.17) is 69.6 Å². The van der Waals surface area contributed by atoms with Crippen molar-refractivity contribution in [2.75, 3.05) is 0 Å². The van der Waals surface area contributed by atoms with E-state index in [1.807, 2.05) is 0 Å². The first kappa shape index (κ1) is 36.4. The van der Waals surface area contributed by atoms with Crippen molar-refractivity contribution >= 4 is 114 Å². The zero-order valence-corrected chi connectivity index (χ0v) is 29.1. The van der Waals surface area contributed by atoms with Crippen molar-refractivity contribution < 1.29 is 37.8 Å². The molecule has 0 bridgehead atoms. The Kier molecular flexibility index (Phi) is 12.1. The number of hydrogen-bond acceptors (Lipinski definition) is 8. The number of halogens is 6. The first-order chi connectivity index (χ1) is 21.9. The molecule has 0 aliphatic heterocycles. The average molecular weight is 787 g/mol. The van der Waals surface area contributed by atoms with Crippen LogP contribution in [-0.4, -0.2) is 20.4 Å². The number of azo groups is 2. The fourth-order valence-corrected chi connectivity index (χ4v) is 5.49. The third-order valence-corrected chi connectivity index (χ3v) is 8.22. The van der Waals surface area contributed by atoms with Gasteiger partial charge in [-0.15, -0.1) is 20.5 Å². The number of hydrogen-bond donors (Lipinski definition) is 4. The molecule has 0 aliphatic carbocycles. The molecule has 0 aliphatic rings. The molecule has 6 aromatic rings. The summed E-state index contributed by atoms with van der Waals surface area (Å²) in [6, 6.07) is 21.8. The van der Waals surface area contributed by atoms with Crippen LogP contribution in [0.4, 0.5) is 22.7 Å². The van der Waals surface area contributed by atoms with Crippen molar-refractivity contribution in [2.24, 2.45) is 20.5 Å². The van der Waals surface area contributed by atoms with E-state index >= 15 is 0 Å². The maximum absolute atomic E-state index is 10.4. The second-order valence-electron chi connectivity index (χ2n) is 9.44. The Morgan fingerprint density at radius 3 is 1.11 bits per heavy atom. The van der Waals surface area contributed by atoms with Crippen LogP contribution in [-0.2, 0) is 17.4 Å². The first-order valence-corrected chi connectivity index (χ1v) is 15.2. The zero-order valence-electron chi connectivity index (χ0n) is 23.3. The second-order valence-corrected chi connectivity index (χ2v) is 11.9. The van der Waals surface area contributed by atoms with Gasteiger partial charge >= 0.3 is 0 Å². The van der Waals surface area contributed by atoms with Gasteiger partial charge in [-0.2, -0.15) is 0 Å². The van der Waals surface area contributed by atoms with Crippen molar-refractivity contribution in [2.45, 2.75) is 0 Å². The summed E-state index contributed by atoms with van der Waals surface area (Å²) >= 11 is 36.1. The standard InChI is InChI=1S/2C16H9Cl3N2O2.Cr/c2*17-8-1-6-14(22)13(7-8)21-20-12-5-2-9-10(18)3-4-11(19)15(9)16(12)23;/h2*1-7,22-23H;. The molecule has 0 spiro atoms. The normalized spacial score (nSPS) is 11.2. The Hall–Kier alpha value is -3.49. The molecule has 0 fully saturated rings. The van der Waals surface area contributed by atoms with Gasteiger partial charge < -0.3 is 20.4 Å². The van der Waals surface area contributed by atoms with Gasteiger partial charge in [-0.1, -0.05) is 81.7 Å². The summed E-state index contributed by atoms with van der Waals surface area (Å²) in [5, 5.41) is 60.4. The van der Waals surface area contributed by atoms with Crippen LogP contribution >= 0.6 is 69.6 Å². The number of nitrogens with zero attached hydrogens (tertiary/aromatic N) is 4. The molecule has 0 saturated carbocycles. The molecule has 8 nitrogen and oxygen atoms in total. The summed E-state index contributed by atoms with van der Waals surface area (Å²) in [4.78, 5) is 0. The summed E-state index contributed by atoms with van der Waals surface area (Å²) in [6.45, 7) is 0. The third kappa shape index (κ3) is 8.15. The molecule has 0 atom stereocenters. The number of rotatable bonds is 4. The van der Waals surface area contributed by atoms with Crippen molar-refractivity contribution in [3.8, 4) is 23.0 Å². The summed E-state index contributed by atoms with van der Waals surface area (Å²) in [5.41, 5.74) is 0.769. The smallest absolute Gasteiger partial charge is 0.152 e. The summed E-state index contributed by atoms with van der Waals surface area (Å²) in [5.74, 6) is -0.417. The predicted molar refractivity (Wildman–Crippen MR) is 186 cm³/mol. The van der Waals surface area contributed by atoms with Gasteiger partial charge in [0.1, 0.15) is 34.2 Å². The molecular weight excluding hydrogens is 769 g/mol. The molecule has 6 aromatic carbocycles. The van der Waals surface area contributed by atoms with Gasteiger partial charge in [-0.3, -0.25) is 0 Å². The average Bonchev–Trinajstić information content (AvgIpc) is 3.03. The van der Waals surface area contributed by atoms with Crippen LogP contribution in [0.15, 0.2) is 105 Å². The second kappa shape index (κ2) is 15.6. The van der Waals surface area contributed by atoms with Crippen LogP contribution in [0, 0.1) is 0 Å². The molecule has 4 N–H and O–H groups in total. The van der Waals surface area contributed by atoms with Crippen LogP contribution in [0.2, 0.25) is 30.1 Å². The molecule has 15 heteroatoms. The Morgan fingerprint density at radius 2 is 0.723 bits per heavy atom. The van der Waals surface area contributed by atoms with E-state index in [0.717, 1.165) is 0 Å². The molecule has 6 rings (SSSR count). The molecule has 0 amide bonds. The molecule has 0 heterocycles. The number of aromatic hydroxyl groups is 4. The minimum atomic E-state index is -0.139. The Morgan fingerprint density at radius 1 is 0.383 bits per heavy atom. The van der Waals surface area contributed by atoms with Crippen molar-refractivity contribution in [3.63, 3.8) is 0 Å². The maximum atomic E-state index is 10.4. The topological polar surface area (TPSA) is 130 Å². The number of phenolic OH excluding ortho intramolecular Hbond substituents is 4. The van der Waals surface area contributed by atoms with Gasteiger partial charge in [0, 0.05) is 59.0 Å². The minimum absolute atomic E-state index is 0. The van der Waals surface area contributed by atoms with E-state index < -0.39 is 0 Å². The van der Waals surface area contributed by atoms with E-state index in [0.29, 0.717) is 51.7 Å². The molecule has 0 aromatic heterocycles. The minimum Gasteiger partial charge on any atom is -0.506 e. The van der Waals surface area contributed by atoms with Gasteiger partial charge in [0.05, 0.1) is 10.0 Å². The fraction of sp³-hybridized carbons (Fsp3) is 0.